The molecule has 0 fully saturated rings. The molecule has 0 saturated carbocycles. The highest BCUT2D eigenvalue weighted by Gasteiger charge is 2.51. The highest BCUT2D eigenvalue weighted by molar-refractivity contribution is 7.87. The zero-order chi connectivity index (χ0) is 74.3. The van der Waals surface area contributed by atoms with Crippen molar-refractivity contribution in [2.24, 2.45) is 0 Å². The number of phenols is 4. The molecule has 16 nitrogen and oxygen atoms in total. The SMILES string of the molecule is CC.CC.CC.CC.CC(C)(C)Oc1ccc2ccc(=O)oc2c1.CC(C)c1ccc2cc(C(=O)O)ccc2c1.CCC.CCC.CCC.O=S1(=O)OC(c2ccc(O)cc2)(c2ccc(O)cc2)c2ccccc21.O=c1ccc2ccc(O)cc2o1.O=c1ccc2ccc(O)cc2o1. The van der Waals surface area contributed by atoms with Gasteiger partial charge in [-0.3, -0.25) is 0 Å². The number of fused-ring (bicyclic) bond motifs is 5. The molecule has 0 unspecified atom stereocenters. The first-order valence-corrected chi connectivity index (χ1v) is 34.7. The number of carboxylic acid groups (broad SMARTS) is 1. The van der Waals surface area contributed by atoms with E-state index in [9.17, 15) is 37.8 Å². The Morgan fingerprint density at radius 1 is 0.449 bits per heavy atom. The molecule has 0 spiro atoms. The van der Waals surface area contributed by atoms with Crippen LogP contribution < -0.4 is 21.6 Å². The molecule has 12 rings (SSSR count). The summed E-state index contributed by atoms with van der Waals surface area (Å²) in [6.07, 6.45) is 3.75. The van der Waals surface area contributed by atoms with Crippen molar-refractivity contribution >= 4 is 59.8 Å². The Morgan fingerprint density at radius 2 is 0.796 bits per heavy atom. The third kappa shape index (κ3) is 26.9. The molecule has 5 N–H and O–H groups in total. The zero-order valence-electron chi connectivity index (χ0n) is 60.4. The van der Waals surface area contributed by atoms with Crippen molar-refractivity contribution in [1.82, 2.24) is 0 Å². The maximum absolute atomic E-state index is 12.6. The van der Waals surface area contributed by atoms with E-state index in [0.29, 0.717) is 50.7 Å². The van der Waals surface area contributed by atoms with Gasteiger partial charge in [-0.15, -0.1) is 0 Å². The van der Waals surface area contributed by atoms with E-state index < -0.39 is 32.9 Å². The van der Waals surface area contributed by atoms with E-state index in [2.05, 4.69) is 67.5 Å². The average Bonchev–Trinajstić information content (AvgIpc) is 1.55. The van der Waals surface area contributed by atoms with Gasteiger partial charge < -0.3 is 43.5 Å². The van der Waals surface area contributed by atoms with E-state index in [1.165, 1.54) is 85.5 Å². The predicted molar refractivity (Wildman–Crippen MR) is 400 cm³/mol. The van der Waals surface area contributed by atoms with Crippen molar-refractivity contribution in [3.63, 3.8) is 0 Å². The molecular weight excluding hydrogens is 1260 g/mol. The highest BCUT2D eigenvalue weighted by atomic mass is 32.2. The van der Waals surface area contributed by atoms with Gasteiger partial charge in [-0.25, -0.2) is 23.4 Å². The number of phenolic OH excluding ortho intramolecular Hbond substituents is 4. The summed E-state index contributed by atoms with van der Waals surface area (Å²) < 4.78 is 51.3. The molecule has 3 aromatic heterocycles. The molecule has 528 valence electrons. The van der Waals surface area contributed by atoms with Crippen LogP contribution in [0.15, 0.2) is 233 Å². The topological polar surface area (TPSA) is 261 Å². The number of rotatable bonds is 5. The summed E-state index contributed by atoms with van der Waals surface area (Å²) in [4.78, 5) is 43.5. The number of aromatic hydroxyl groups is 4. The van der Waals surface area contributed by atoms with Crippen LogP contribution in [-0.2, 0) is 19.9 Å². The predicted octanol–water partition coefficient (Wildman–Crippen LogP) is 21.1. The third-order valence-electron chi connectivity index (χ3n) is 12.3. The maximum Gasteiger partial charge on any atom is 0.336 e. The van der Waals surface area contributed by atoms with Gasteiger partial charge in [0.25, 0.3) is 10.1 Å². The fraction of sp³-hybridized carbons (Fsp3) is 0.309. The van der Waals surface area contributed by atoms with E-state index in [1.54, 1.807) is 103 Å². The quantitative estimate of drug-likeness (QED) is 0.0792. The number of carbonyl (C=O) groups is 1. The van der Waals surface area contributed by atoms with Crippen LogP contribution >= 0.6 is 0 Å². The van der Waals surface area contributed by atoms with Crippen molar-refractivity contribution in [1.29, 1.82) is 0 Å². The molecular formula is C81H102O16S. The molecule has 0 radical (unpaired) electrons. The van der Waals surface area contributed by atoms with Crippen molar-refractivity contribution < 1.29 is 60.9 Å². The first-order valence-electron chi connectivity index (χ1n) is 33.3. The summed E-state index contributed by atoms with van der Waals surface area (Å²) >= 11 is 0. The molecule has 0 bridgehead atoms. The van der Waals surface area contributed by atoms with Crippen LogP contribution in [0.2, 0.25) is 0 Å². The molecule has 11 aromatic rings. The average molecular weight is 1360 g/mol. The van der Waals surface area contributed by atoms with Crippen LogP contribution in [-0.4, -0.2) is 45.5 Å². The smallest absolute Gasteiger partial charge is 0.336 e. The van der Waals surface area contributed by atoms with Gasteiger partial charge in [-0.05, 0) is 151 Å². The molecule has 0 aliphatic carbocycles. The number of ether oxygens (including phenoxy) is 1. The molecule has 17 heteroatoms. The lowest BCUT2D eigenvalue weighted by Crippen LogP contribution is -2.29. The normalized spacial score (nSPS) is 11.4. The Morgan fingerprint density at radius 3 is 1.19 bits per heavy atom. The van der Waals surface area contributed by atoms with E-state index in [1.807, 2.05) is 100 Å². The summed E-state index contributed by atoms with van der Waals surface area (Å²) in [5, 5.41) is 50.8. The first kappa shape index (κ1) is 86.0. The monoisotopic (exact) mass is 1360 g/mol. The Hall–Kier alpha value is -9.97. The van der Waals surface area contributed by atoms with Gasteiger partial charge in [0.1, 0.15) is 56.0 Å². The molecule has 98 heavy (non-hydrogen) atoms. The minimum Gasteiger partial charge on any atom is -0.508 e. The minimum atomic E-state index is -3.95. The van der Waals surface area contributed by atoms with Crippen LogP contribution in [0.4, 0.5) is 0 Å². The minimum absolute atomic E-state index is 0.0683. The first-order chi connectivity index (χ1) is 46.7. The lowest BCUT2D eigenvalue weighted by Gasteiger charge is -2.29. The maximum atomic E-state index is 12.6. The molecule has 0 atom stereocenters. The highest BCUT2D eigenvalue weighted by Crippen LogP contribution is 2.50. The fourth-order valence-corrected chi connectivity index (χ4v) is 9.94. The van der Waals surface area contributed by atoms with Crippen LogP contribution in [0.3, 0.4) is 0 Å². The van der Waals surface area contributed by atoms with Gasteiger partial charge in [0.05, 0.1) is 5.56 Å². The largest absolute Gasteiger partial charge is 0.508 e. The number of carboxylic acids is 1. The van der Waals surface area contributed by atoms with Gasteiger partial charge in [-0.2, -0.15) is 8.42 Å². The molecule has 0 amide bonds. The molecule has 8 aromatic carbocycles. The van der Waals surface area contributed by atoms with Crippen molar-refractivity contribution in [2.45, 2.75) is 173 Å². The number of hydrogen-bond acceptors (Lipinski definition) is 15. The number of hydrogen-bond donors (Lipinski definition) is 5. The van der Waals surface area contributed by atoms with Gasteiger partial charge in [0, 0.05) is 58.1 Å². The van der Waals surface area contributed by atoms with Crippen molar-refractivity contribution in [3.05, 3.63) is 259 Å². The third-order valence-corrected chi connectivity index (χ3v) is 13.7. The van der Waals surface area contributed by atoms with Crippen LogP contribution in [0, 0.1) is 0 Å². The Bertz CT molecular complexity index is 4280. The van der Waals surface area contributed by atoms with Gasteiger partial charge >= 0.3 is 22.8 Å². The molecule has 0 saturated heterocycles. The fourth-order valence-electron chi connectivity index (χ4n) is 8.51. The van der Waals surface area contributed by atoms with Gasteiger partial charge in [-0.1, -0.05) is 197 Å². The lowest BCUT2D eigenvalue weighted by molar-refractivity contribution is 0.0696. The Balaban J connectivity index is 0.000000591. The van der Waals surface area contributed by atoms with Gasteiger partial charge in [0.15, 0.2) is 5.60 Å². The van der Waals surface area contributed by atoms with E-state index in [0.717, 1.165) is 26.9 Å². The van der Waals surface area contributed by atoms with Gasteiger partial charge in [0.2, 0.25) is 0 Å². The summed E-state index contributed by atoms with van der Waals surface area (Å²) in [6, 6.07) is 54.3. The Labute approximate surface area is 578 Å². The standard InChI is InChI=1S/C19H14O5S.C14H14O2.C13H14O3.2C9H6O3.3C3H8.4C2H6/c20-15-9-5-13(6-10-15)19(14-7-11-16(21)12-8-14)17-3-1-2-4-18(17)25(22,23)24-19;1-9(2)10-3-4-12-8-13(14(15)16)6-5-11(12)7-10;1-13(2,3)16-10-6-4-9-5-7-12(14)15-11(9)8-10;2*10-7-3-1-6-2-4-9(11)12-8(6)5-7;3*1-3-2;4*1-2/h1-12,20-21H;3-9H,1-2H3,(H,15,16);4-8H,1-3H3;2*1-5,10H;3*3H2,1-2H3;4*1-2H3. The van der Waals surface area contributed by atoms with E-state index >= 15 is 0 Å². The Kier molecular flexibility index (Phi) is 38.6. The second kappa shape index (κ2) is 44.0. The molecule has 1 aliphatic heterocycles. The lowest BCUT2D eigenvalue weighted by atomic mass is 9.80. The number of benzene rings is 8. The zero-order valence-corrected chi connectivity index (χ0v) is 61.2. The molecule has 1 aliphatic rings. The summed E-state index contributed by atoms with van der Waals surface area (Å²) in [7, 11) is -3.95. The van der Waals surface area contributed by atoms with Crippen LogP contribution in [0.1, 0.15) is 189 Å². The van der Waals surface area contributed by atoms with Crippen LogP contribution in [0.25, 0.3) is 43.7 Å². The van der Waals surface area contributed by atoms with Crippen LogP contribution in [0.5, 0.6) is 28.7 Å². The second-order valence-corrected chi connectivity index (χ2v) is 23.3. The summed E-state index contributed by atoms with van der Waals surface area (Å²) in [5.74, 6) is 0.638. The summed E-state index contributed by atoms with van der Waals surface area (Å²) in [6.45, 7) is 39.0. The second-order valence-electron chi connectivity index (χ2n) is 21.8. The van der Waals surface area contributed by atoms with E-state index in [-0.39, 0.29) is 39.1 Å². The summed E-state index contributed by atoms with van der Waals surface area (Å²) in [5.41, 5.74) is 1.78. The van der Waals surface area contributed by atoms with Crippen molar-refractivity contribution in [3.8, 4) is 28.7 Å². The van der Waals surface area contributed by atoms with Crippen molar-refractivity contribution in [2.75, 3.05) is 0 Å². The van der Waals surface area contributed by atoms with E-state index in [4.69, 9.17) is 37.5 Å². The number of aromatic carboxylic acids is 1. The molecule has 4 heterocycles.